The van der Waals surface area contributed by atoms with Crippen molar-refractivity contribution in [2.75, 3.05) is 11.9 Å². The molecule has 156 valence electrons. The van der Waals surface area contributed by atoms with Crippen LogP contribution in [0, 0.1) is 13.8 Å². The fourth-order valence-corrected chi connectivity index (χ4v) is 5.36. The Kier molecular flexibility index (Phi) is 7.55. The number of benzene rings is 2. The minimum absolute atomic E-state index is 0.0748. The van der Waals surface area contributed by atoms with E-state index in [9.17, 15) is 9.59 Å². The number of thioether (sulfide) groups is 1. The highest BCUT2D eigenvalue weighted by atomic mass is 79.9. The molecule has 1 fully saturated rings. The summed E-state index contributed by atoms with van der Waals surface area (Å²) in [5.74, 6) is -0.327. The maximum atomic E-state index is 12.9. The third-order valence-corrected chi connectivity index (χ3v) is 6.88. The van der Waals surface area contributed by atoms with Gasteiger partial charge in [-0.2, -0.15) is 0 Å². The van der Waals surface area contributed by atoms with Gasteiger partial charge < -0.3 is 5.32 Å². The third-order valence-electron chi connectivity index (χ3n) is 4.57. The molecule has 0 aromatic heterocycles. The number of carbonyl (C=O) groups is 2. The number of amidine groups is 1. The molecule has 0 aliphatic carbocycles. The predicted octanol–water partition coefficient (Wildman–Crippen LogP) is 5.97. The van der Waals surface area contributed by atoms with Crippen molar-refractivity contribution in [1.82, 2.24) is 4.90 Å². The van der Waals surface area contributed by atoms with Crippen molar-refractivity contribution in [3.05, 3.63) is 69.1 Å². The minimum Gasteiger partial charge on any atom is -0.326 e. The molecule has 2 amide bonds. The minimum atomic E-state index is -0.526. The molecule has 1 atom stereocenters. The van der Waals surface area contributed by atoms with E-state index in [1.165, 1.54) is 11.8 Å². The second-order valence-corrected chi connectivity index (χ2v) is 9.79. The first-order valence-electron chi connectivity index (χ1n) is 9.29. The van der Waals surface area contributed by atoms with Crippen LogP contribution in [0.5, 0.6) is 0 Å². The quantitative estimate of drug-likeness (QED) is 0.450. The molecule has 3 rings (SSSR count). The highest BCUT2D eigenvalue weighted by Gasteiger charge is 2.38. The molecule has 30 heavy (non-hydrogen) atoms. The number of nitrogens with one attached hydrogen (secondary N) is 1. The lowest BCUT2D eigenvalue weighted by Crippen LogP contribution is -2.33. The molecule has 8 heteroatoms. The number of para-hydroxylation sites is 1. The number of anilines is 1. The lowest BCUT2D eigenvalue weighted by molar-refractivity contribution is -0.127. The molecular formula is C22H21Br2N3O2S. The molecule has 1 N–H and O–H groups in total. The maximum Gasteiger partial charge on any atom is 0.242 e. The molecule has 1 aliphatic heterocycles. The lowest BCUT2D eigenvalue weighted by Gasteiger charge is -2.14. The molecule has 2 aromatic rings. The number of carbonyl (C=O) groups excluding carboxylic acids is 2. The smallest absolute Gasteiger partial charge is 0.242 e. The fourth-order valence-electron chi connectivity index (χ4n) is 3.07. The van der Waals surface area contributed by atoms with E-state index in [-0.39, 0.29) is 18.2 Å². The number of aryl methyl sites for hydroxylation is 2. The van der Waals surface area contributed by atoms with Crippen LogP contribution in [-0.4, -0.2) is 33.7 Å². The lowest BCUT2D eigenvalue weighted by atomic mass is 10.1. The molecular weight excluding hydrogens is 530 g/mol. The van der Waals surface area contributed by atoms with Crippen LogP contribution in [0.15, 0.2) is 63.0 Å². The molecule has 0 spiro atoms. The van der Waals surface area contributed by atoms with E-state index in [1.807, 2.05) is 50.2 Å². The second kappa shape index (κ2) is 9.94. The maximum absolute atomic E-state index is 12.9. The van der Waals surface area contributed by atoms with Gasteiger partial charge in [-0.1, -0.05) is 52.0 Å². The van der Waals surface area contributed by atoms with Crippen LogP contribution in [0.3, 0.4) is 0 Å². The summed E-state index contributed by atoms with van der Waals surface area (Å²) in [5, 5.41) is 2.99. The first kappa shape index (κ1) is 22.8. The number of amides is 2. The summed E-state index contributed by atoms with van der Waals surface area (Å²) in [6, 6.07) is 11.5. The average Bonchev–Trinajstić information content (AvgIpc) is 2.96. The second-order valence-electron chi connectivity index (χ2n) is 6.85. The van der Waals surface area contributed by atoms with Gasteiger partial charge in [0.2, 0.25) is 11.8 Å². The highest BCUT2D eigenvalue weighted by Crippen LogP contribution is 2.35. The normalized spacial score (nSPS) is 17.5. The van der Waals surface area contributed by atoms with E-state index in [4.69, 9.17) is 0 Å². The summed E-state index contributed by atoms with van der Waals surface area (Å²) in [4.78, 5) is 31.8. The van der Waals surface area contributed by atoms with Crippen molar-refractivity contribution in [1.29, 1.82) is 0 Å². The highest BCUT2D eigenvalue weighted by molar-refractivity contribution is 9.11. The largest absolute Gasteiger partial charge is 0.326 e. The van der Waals surface area contributed by atoms with Gasteiger partial charge in [-0.3, -0.25) is 14.5 Å². The molecule has 0 bridgehead atoms. The Hall–Kier alpha value is -1.90. The van der Waals surface area contributed by atoms with E-state index < -0.39 is 5.25 Å². The first-order chi connectivity index (χ1) is 14.3. The zero-order valence-corrected chi connectivity index (χ0v) is 20.6. The van der Waals surface area contributed by atoms with Gasteiger partial charge in [-0.15, -0.1) is 6.58 Å². The number of hydrogen-bond donors (Lipinski definition) is 1. The third kappa shape index (κ3) is 5.22. The summed E-state index contributed by atoms with van der Waals surface area (Å²) >= 11 is 8.23. The number of nitrogens with zero attached hydrogens (tertiary/aromatic N) is 2. The van der Waals surface area contributed by atoms with Gasteiger partial charge in [-0.05, 0) is 59.1 Å². The molecule has 1 unspecified atom stereocenters. The van der Waals surface area contributed by atoms with Crippen LogP contribution in [0.25, 0.3) is 0 Å². The topological polar surface area (TPSA) is 61.8 Å². The summed E-state index contributed by atoms with van der Waals surface area (Å²) < 4.78 is 1.74. The Balaban J connectivity index is 1.79. The van der Waals surface area contributed by atoms with Crippen LogP contribution in [0.4, 0.5) is 11.4 Å². The van der Waals surface area contributed by atoms with Gasteiger partial charge in [0.25, 0.3) is 0 Å². The summed E-state index contributed by atoms with van der Waals surface area (Å²) in [6.07, 6.45) is 1.73. The molecule has 2 aromatic carbocycles. The van der Waals surface area contributed by atoms with E-state index in [1.54, 1.807) is 11.0 Å². The van der Waals surface area contributed by atoms with E-state index in [2.05, 4.69) is 48.7 Å². The van der Waals surface area contributed by atoms with Crippen LogP contribution >= 0.6 is 43.6 Å². The molecule has 1 aliphatic rings. The molecule has 0 saturated carbocycles. The summed E-state index contributed by atoms with van der Waals surface area (Å²) in [7, 11) is 0. The van der Waals surface area contributed by atoms with E-state index in [0.29, 0.717) is 17.4 Å². The number of aliphatic imine (C=N–C) groups is 1. The Labute approximate surface area is 197 Å². The van der Waals surface area contributed by atoms with Gasteiger partial charge in [0.15, 0.2) is 5.17 Å². The van der Waals surface area contributed by atoms with Crippen LogP contribution in [0.2, 0.25) is 0 Å². The fraction of sp³-hybridized carbons (Fsp3) is 0.227. The van der Waals surface area contributed by atoms with Crippen LogP contribution in [0.1, 0.15) is 17.5 Å². The Morgan fingerprint density at radius 2 is 1.97 bits per heavy atom. The average molecular weight is 551 g/mol. The van der Waals surface area contributed by atoms with Crippen molar-refractivity contribution in [2.45, 2.75) is 25.5 Å². The summed E-state index contributed by atoms with van der Waals surface area (Å²) in [5.41, 5.74) is 3.49. The van der Waals surface area contributed by atoms with Crippen LogP contribution < -0.4 is 5.32 Å². The molecule has 5 nitrogen and oxygen atoms in total. The van der Waals surface area contributed by atoms with Crippen LogP contribution in [-0.2, 0) is 9.59 Å². The zero-order chi connectivity index (χ0) is 21.8. The number of hydrogen-bond acceptors (Lipinski definition) is 4. The monoisotopic (exact) mass is 549 g/mol. The van der Waals surface area contributed by atoms with Gasteiger partial charge in [0.1, 0.15) is 5.25 Å². The van der Waals surface area contributed by atoms with Gasteiger partial charge in [-0.25, -0.2) is 4.99 Å². The SMILES string of the molecule is C=CCN1C(=O)C(CC(=O)Nc2c(C)cccc2C)SC1=Nc1ccc(Br)cc1Br. The van der Waals surface area contributed by atoms with E-state index >= 15 is 0 Å². The van der Waals surface area contributed by atoms with Crippen molar-refractivity contribution >= 4 is 72.0 Å². The Morgan fingerprint density at radius 1 is 1.27 bits per heavy atom. The molecule has 1 heterocycles. The summed E-state index contributed by atoms with van der Waals surface area (Å²) in [6.45, 7) is 7.98. The van der Waals surface area contributed by atoms with Gasteiger partial charge in [0.05, 0.1) is 5.69 Å². The number of rotatable bonds is 6. The zero-order valence-electron chi connectivity index (χ0n) is 16.6. The Morgan fingerprint density at radius 3 is 2.60 bits per heavy atom. The standard InChI is InChI=1S/C22H21Br2N3O2S/c1-4-10-27-21(29)18(12-19(28)26-20-13(2)6-5-7-14(20)3)30-22(27)25-17-9-8-15(23)11-16(17)24/h4-9,11,18H,1,10,12H2,2-3H3,(H,26,28). The van der Waals surface area contributed by atoms with Gasteiger partial charge >= 0.3 is 0 Å². The van der Waals surface area contributed by atoms with Crippen molar-refractivity contribution in [3.63, 3.8) is 0 Å². The predicted molar refractivity (Wildman–Crippen MR) is 131 cm³/mol. The van der Waals surface area contributed by atoms with E-state index in [0.717, 1.165) is 25.8 Å². The van der Waals surface area contributed by atoms with Gasteiger partial charge in [0, 0.05) is 27.6 Å². The number of halogens is 2. The Bertz CT molecular complexity index is 1020. The first-order valence-corrected chi connectivity index (χ1v) is 11.8. The van der Waals surface area contributed by atoms with Crippen molar-refractivity contribution < 1.29 is 9.59 Å². The molecule has 1 saturated heterocycles. The molecule has 0 radical (unpaired) electrons. The van der Waals surface area contributed by atoms with Crippen molar-refractivity contribution in [2.24, 2.45) is 4.99 Å². The van der Waals surface area contributed by atoms with Crippen molar-refractivity contribution in [3.8, 4) is 0 Å².